The van der Waals surface area contributed by atoms with Gasteiger partial charge < -0.3 is 4.74 Å². The van der Waals surface area contributed by atoms with E-state index in [1.165, 1.54) is 16.4 Å². The van der Waals surface area contributed by atoms with Crippen molar-refractivity contribution in [2.45, 2.75) is 17.4 Å². The van der Waals surface area contributed by atoms with E-state index in [4.69, 9.17) is 16.3 Å². The first-order valence-corrected chi connectivity index (χ1v) is 8.76. The predicted molar refractivity (Wildman–Crippen MR) is 86.8 cm³/mol. The average Bonchev–Trinajstić information content (AvgIpc) is 2.54. The predicted octanol–water partition coefficient (Wildman–Crippen LogP) is 3.63. The van der Waals surface area contributed by atoms with Gasteiger partial charge in [-0.3, -0.25) is 4.31 Å². The highest BCUT2D eigenvalue weighted by Gasteiger charge is 2.32. The van der Waals surface area contributed by atoms with Gasteiger partial charge in [0.2, 0.25) is 0 Å². The molecule has 4 nitrogen and oxygen atoms in total. The molecule has 0 bridgehead atoms. The van der Waals surface area contributed by atoms with Gasteiger partial charge in [-0.15, -0.1) is 0 Å². The molecule has 6 heteroatoms. The van der Waals surface area contributed by atoms with Crippen LogP contribution in [0.25, 0.3) is 0 Å². The Kier molecular flexibility index (Phi) is 4.12. The van der Waals surface area contributed by atoms with Crippen molar-refractivity contribution < 1.29 is 13.2 Å². The van der Waals surface area contributed by atoms with Crippen molar-refractivity contribution in [3.8, 4) is 0 Å². The van der Waals surface area contributed by atoms with Crippen LogP contribution in [0.3, 0.4) is 0 Å². The van der Waals surface area contributed by atoms with Crippen molar-refractivity contribution in [2.75, 3.05) is 18.0 Å². The fraction of sp³-hybridized carbons (Fsp3) is 0.250. The molecule has 3 rings (SSSR count). The van der Waals surface area contributed by atoms with E-state index in [9.17, 15) is 8.42 Å². The minimum Gasteiger partial charge on any atom is -0.377 e. The monoisotopic (exact) mass is 337 g/mol. The molecule has 1 unspecified atom stereocenters. The van der Waals surface area contributed by atoms with Crippen molar-refractivity contribution in [1.82, 2.24) is 0 Å². The van der Waals surface area contributed by atoms with Crippen LogP contribution in [0.15, 0.2) is 53.4 Å². The first-order chi connectivity index (χ1) is 10.5. The molecular weight excluding hydrogens is 322 g/mol. The van der Waals surface area contributed by atoms with Gasteiger partial charge in [0.25, 0.3) is 10.0 Å². The summed E-state index contributed by atoms with van der Waals surface area (Å²) in [6.45, 7) is 0.389. The average molecular weight is 338 g/mol. The fourth-order valence-electron chi connectivity index (χ4n) is 2.73. The van der Waals surface area contributed by atoms with E-state index in [1.807, 2.05) is 24.3 Å². The SMILES string of the molecule is COC1CCN(S(=O)(=O)c2ccc(Cl)cc2)c2ccccc21. The van der Waals surface area contributed by atoms with Gasteiger partial charge in [-0.2, -0.15) is 0 Å². The number of hydrogen-bond acceptors (Lipinski definition) is 3. The summed E-state index contributed by atoms with van der Waals surface area (Å²) in [5, 5.41) is 0.512. The zero-order valence-corrected chi connectivity index (χ0v) is 13.6. The summed E-state index contributed by atoms with van der Waals surface area (Å²) in [6, 6.07) is 13.7. The Morgan fingerprint density at radius 1 is 1.14 bits per heavy atom. The summed E-state index contributed by atoms with van der Waals surface area (Å²) in [5.41, 5.74) is 1.57. The molecule has 116 valence electrons. The molecule has 2 aromatic rings. The van der Waals surface area contributed by atoms with Crippen molar-refractivity contribution in [1.29, 1.82) is 0 Å². The van der Waals surface area contributed by atoms with Gasteiger partial charge in [0, 0.05) is 24.2 Å². The van der Waals surface area contributed by atoms with E-state index >= 15 is 0 Å². The lowest BCUT2D eigenvalue weighted by Gasteiger charge is -2.34. The number of rotatable bonds is 3. The first kappa shape index (κ1) is 15.3. The van der Waals surface area contributed by atoms with Crippen molar-refractivity contribution in [2.24, 2.45) is 0 Å². The van der Waals surface area contributed by atoms with Gasteiger partial charge in [-0.05, 0) is 36.8 Å². The number of hydrogen-bond donors (Lipinski definition) is 0. The van der Waals surface area contributed by atoms with Gasteiger partial charge in [0.1, 0.15) is 0 Å². The third-order valence-corrected chi connectivity index (χ3v) is 5.91. The maximum atomic E-state index is 12.9. The van der Waals surface area contributed by atoms with Gasteiger partial charge >= 0.3 is 0 Å². The Balaban J connectivity index is 2.07. The summed E-state index contributed by atoms with van der Waals surface area (Å²) in [7, 11) is -1.96. The highest BCUT2D eigenvalue weighted by molar-refractivity contribution is 7.92. The number of anilines is 1. The number of fused-ring (bicyclic) bond motifs is 1. The lowest BCUT2D eigenvalue weighted by atomic mass is 10.0. The van der Waals surface area contributed by atoms with Crippen molar-refractivity contribution >= 4 is 27.3 Å². The molecule has 0 aromatic heterocycles. The summed E-state index contributed by atoms with van der Waals surface area (Å²) in [4.78, 5) is 0.238. The van der Waals surface area contributed by atoms with Crippen LogP contribution in [-0.2, 0) is 14.8 Å². The molecule has 2 aromatic carbocycles. The smallest absolute Gasteiger partial charge is 0.264 e. The molecule has 0 fully saturated rings. The molecule has 0 spiro atoms. The van der Waals surface area contributed by atoms with Crippen LogP contribution in [0, 0.1) is 0 Å². The van der Waals surface area contributed by atoms with Crippen LogP contribution in [0.4, 0.5) is 5.69 Å². The fourth-order valence-corrected chi connectivity index (χ4v) is 4.36. The Morgan fingerprint density at radius 3 is 2.50 bits per heavy atom. The second-order valence-electron chi connectivity index (χ2n) is 5.10. The van der Waals surface area contributed by atoms with Crippen LogP contribution in [0.2, 0.25) is 5.02 Å². The topological polar surface area (TPSA) is 46.6 Å². The number of sulfonamides is 1. The quantitative estimate of drug-likeness (QED) is 0.859. The normalized spacial score (nSPS) is 18.1. The molecule has 0 N–H and O–H groups in total. The van der Waals surface area contributed by atoms with Gasteiger partial charge in [0.05, 0.1) is 16.7 Å². The maximum absolute atomic E-state index is 12.9. The molecule has 0 amide bonds. The molecule has 22 heavy (non-hydrogen) atoms. The van der Waals surface area contributed by atoms with E-state index in [0.717, 1.165) is 5.56 Å². The number of benzene rings is 2. The number of para-hydroxylation sites is 1. The Morgan fingerprint density at radius 2 is 1.82 bits per heavy atom. The zero-order valence-electron chi connectivity index (χ0n) is 12.1. The highest BCUT2D eigenvalue weighted by atomic mass is 35.5. The van der Waals surface area contributed by atoms with Gasteiger partial charge in [-0.1, -0.05) is 29.8 Å². The lowest BCUT2D eigenvalue weighted by Crippen LogP contribution is -2.37. The van der Waals surface area contributed by atoms with Crippen molar-refractivity contribution in [3.63, 3.8) is 0 Å². The molecular formula is C16H16ClNO3S. The number of methoxy groups -OCH3 is 1. The third-order valence-electron chi connectivity index (χ3n) is 3.83. The summed E-state index contributed by atoms with van der Waals surface area (Å²) < 4.78 is 32.7. The molecule has 1 heterocycles. The minimum atomic E-state index is -3.60. The van der Waals surface area contributed by atoms with Crippen LogP contribution in [-0.4, -0.2) is 22.1 Å². The van der Waals surface area contributed by atoms with Crippen molar-refractivity contribution in [3.05, 3.63) is 59.1 Å². The Hall–Kier alpha value is -1.56. The van der Waals surface area contributed by atoms with Crippen LogP contribution < -0.4 is 4.31 Å². The molecule has 1 aliphatic rings. The molecule has 0 saturated carbocycles. The third kappa shape index (κ3) is 2.60. The zero-order chi connectivity index (χ0) is 15.7. The first-order valence-electron chi connectivity index (χ1n) is 6.94. The van der Waals surface area contributed by atoms with E-state index in [-0.39, 0.29) is 11.0 Å². The van der Waals surface area contributed by atoms with Crippen LogP contribution in [0.1, 0.15) is 18.1 Å². The maximum Gasteiger partial charge on any atom is 0.264 e. The Labute approximate surface area is 135 Å². The van der Waals surface area contributed by atoms with E-state index in [2.05, 4.69) is 0 Å². The summed E-state index contributed by atoms with van der Waals surface area (Å²) >= 11 is 5.84. The molecule has 1 aliphatic heterocycles. The standard InChI is InChI=1S/C16H16ClNO3S/c1-21-16-10-11-18(15-5-3-2-4-14(15)16)22(19,20)13-8-6-12(17)7-9-13/h2-9,16H,10-11H2,1H3. The largest absolute Gasteiger partial charge is 0.377 e. The van der Waals surface area contributed by atoms with Crippen LogP contribution >= 0.6 is 11.6 Å². The second kappa shape index (κ2) is 5.91. The minimum absolute atomic E-state index is 0.0760. The lowest BCUT2D eigenvalue weighted by molar-refractivity contribution is 0.0951. The number of halogens is 1. The number of ether oxygens (including phenoxy) is 1. The second-order valence-corrected chi connectivity index (χ2v) is 7.40. The molecule has 0 saturated heterocycles. The Bertz CT molecular complexity index is 774. The number of nitrogens with zero attached hydrogens (tertiary/aromatic N) is 1. The van der Waals surface area contributed by atoms with E-state index < -0.39 is 10.0 Å². The van der Waals surface area contributed by atoms with E-state index in [0.29, 0.717) is 23.7 Å². The molecule has 0 aliphatic carbocycles. The van der Waals surface area contributed by atoms with Crippen LogP contribution in [0.5, 0.6) is 0 Å². The van der Waals surface area contributed by atoms with E-state index in [1.54, 1.807) is 19.2 Å². The highest BCUT2D eigenvalue weighted by Crippen LogP contribution is 2.38. The summed E-state index contributed by atoms with van der Waals surface area (Å²) in [5.74, 6) is 0. The molecule has 0 radical (unpaired) electrons. The summed E-state index contributed by atoms with van der Waals surface area (Å²) in [6.07, 6.45) is 0.549. The van der Waals surface area contributed by atoms with Gasteiger partial charge in [0.15, 0.2) is 0 Å². The van der Waals surface area contributed by atoms with Gasteiger partial charge in [-0.25, -0.2) is 8.42 Å². The molecule has 1 atom stereocenters.